The van der Waals surface area contributed by atoms with Crippen molar-refractivity contribution in [3.8, 4) is 0 Å². The highest BCUT2D eigenvalue weighted by atomic mass is 35.5. The molecule has 0 aliphatic carbocycles. The third-order valence-electron chi connectivity index (χ3n) is 3.88. The van der Waals surface area contributed by atoms with E-state index in [1.807, 2.05) is 29.8 Å². The number of carbonyl (C=O) groups excluding carboxylic acids is 1. The summed E-state index contributed by atoms with van der Waals surface area (Å²) in [6, 6.07) is 3.18. The van der Waals surface area contributed by atoms with E-state index in [0.717, 1.165) is 28.7 Å². The van der Waals surface area contributed by atoms with Gasteiger partial charge in [-0.25, -0.2) is 9.97 Å². The fraction of sp³-hybridized carbons (Fsp3) is 0.353. The number of carbonyl (C=O) groups is 1. The summed E-state index contributed by atoms with van der Waals surface area (Å²) in [6.07, 6.45) is 6.19. The van der Waals surface area contributed by atoms with Crippen molar-refractivity contribution >= 4 is 44.2 Å². The van der Waals surface area contributed by atoms with Crippen LogP contribution < -0.4 is 10.6 Å². The Morgan fingerprint density at radius 3 is 2.96 bits per heavy atom. The number of fused-ring (bicyclic) bond motifs is 1. The number of thiazole rings is 1. The normalized spacial score (nSPS) is 12.5. The first kappa shape index (κ1) is 17.8. The molecule has 0 spiro atoms. The van der Waals surface area contributed by atoms with E-state index >= 15 is 0 Å². The Bertz CT molecular complexity index is 875. The van der Waals surface area contributed by atoms with E-state index in [0.29, 0.717) is 16.7 Å². The van der Waals surface area contributed by atoms with Crippen molar-refractivity contribution in [3.05, 3.63) is 41.4 Å². The second kappa shape index (κ2) is 7.51. The highest BCUT2D eigenvalue weighted by Gasteiger charge is 2.22. The van der Waals surface area contributed by atoms with E-state index < -0.39 is 6.04 Å². The summed E-state index contributed by atoms with van der Waals surface area (Å²) in [6.45, 7) is 4.98. The summed E-state index contributed by atoms with van der Waals surface area (Å²) < 4.78 is 2.95. The third-order valence-corrected chi connectivity index (χ3v) is 5.13. The molecule has 8 heteroatoms. The van der Waals surface area contributed by atoms with Crippen LogP contribution in [0.3, 0.4) is 0 Å². The number of rotatable bonds is 6. The molecule has 2 N–H and O–H groups in total. The minimum absolute atomic E-state index is 0.131. The summed E-state index contributed by atoms with van der Waals surface area (Å²) in [7, 11) is 0. The highest BCUT2D eigenvalue weighted by molar-refractivity contribution is 7.22. The zero-order valence-electron chi connectivity index (χ0n) is 14.1. The van der Waals surface area contributed by atoms with Gasteiger partial charge in [-0.05, 0) is 38.0 Å². The maximum absolute atomic E-state index is 12.6. The van der Waals surface area contributed by atoms with Gasteiger partial charge in [0.2, 0.25) is 5.91 Å². The number of nitrogens with zero attached hydrogens (tertiary/aromatic N) is 4. The fourth-order valence-corrected chi connectivity index (χ4v) is 4.09. The molecule has 2 aromatic heterocycles. The predicted octanol–water partition coefficient (Wildman–Crippen LogP) is 3.23. The average molecular weight is 378 g/mol. The summed E-state index contributed by atoms with van der Waals surface area (Å²) in [5.74, 6) is -0.131. The van der Waals surface area contributed by atoms with Crippen molar-refractivity contribution in [2.45, 2.75) is 32.9 Å². The molecule has 0 aliphatic heterocycles. The first-order chi connectivity index (χ1) is 12.0. The monoisotopic (exact) mass is 377 g/mol. The Morgan fingerprint density at radius 2 is 2.28 bits per heavy atom. The zero-order chi connectivity index (χ0) is 18.0. The van der Waals surface area contributed by atoms with Crippen LogP contribution in [0.15, 0.2) is 30.9 Å². The lowest BCUT2D eigenvalue weighted by Crippen LogP contribution is -2.43. The molecule has 0 bridgehead atoms. The van der Waals surface area contributed by atoms with Gasteiger partial charge in [0, 0.05) is 30.5 Å². The summed E-state index contributed by atoms with van der Waals surface area (Å²) in [5.41, 5.74) is 7.71. The van der Waals surface area contributed by atoms with E-state index in [2.05, 4.69) is 9.97 Å². The number of aromatic nitrogens is 3. The van der Waals surface area contributed by atoms with Crippen molar-refractivity contribution in [1.29, 1.82) is 0 Å². The van der Waals surface area contributed by atoms with Crippen LogP contribution in [0.2, 0.25) is 5.02 Å². The molecule has 132 valence electrons. The first-order valence-electron chi connectivity index (χ1n) is 8.05. The molecule has 25 heavy (non-hydrogen) atoms. The Kier molecular flexibility index (Phi) is 5.36. The quantitative estimate of drug-likeness (QED) is 0.715. The molecule has 0 saturated carbocycles. The van der Waals surface area contributed by atoms with Crippen molar-refractivity contribution in [2.75, 3.05) is 11.4 Å². The third kappa shape index (κ3) is 4.00. The Labute approximate surface area is 155 Å². The number of hydrogen-bond donors (Lipinski definition) is 1. The zero-order valence-corrected chi connectivity index (χ0v) is 15.7. The minimum atomic E-state index is -0.579. The number of halogens is 1. The molecular formula is C17H20ClN5OS. The lowest BCUT2D eigenvalue weighted by Gasteiger charge is -2.21. The summed E-state index contributed by atoms with van der Waals surface area (Å²) in [4.78, 5) is 23.0. The van der Waals surface area contributed by atoms with E-state index in [1.165, 1.54) is 11.3 Å². The van der Waals surface area contributed by atoms with Gasteiger partial charge in [-0.2, -0.15) is 0 Å². The van der Waals surface area contributed by atoms with Gasteiger partial charge in [0.05, 0.1) is 22.6 Å². The van der Waals surface area contributed by atoms with Crippen LogP contribution in [0.25, 0.3) is 10.2 Å². The van der Waals surface area contributed by atoms with Crippen LogP contribution >= 0.6 is 22.9 Å². The van der Waals surface area contributed by atoms with Gasteiger partial charge in [-0.1, -0.05) is 22.9 Å². The summed E-state index contributed by atoms with van der Waals surface area (Å²) in [5, 5.41) is 1.33. The van der Waals surface area contributed by atoms with Crippen molar-refractivity contribution < 1.29 is 4.79 Å². The molecule has 1 amide bonds. The molecule has 3 rings (SSSR count). The number of nitrogens with two attached hydrogens (primary N) is 1. The molecule has 6 nitrogen and oxygen atoms in total. The molecule has 0 fully saturated rings. The lowest BCUT2D eigenvalue weighted by atomic mass is 10.2. The van der Waals surface area contributed by atoms with Crippen LogP contribution in [-0.4, -0.2) is 33.0 Å². The van der Waals surface area contributed by atoms with Crippen LogP contribution in [0.4, 0.5) is 5.13 Å². The molecule has 1 aromatic carbocycles. The average Bonchev–Trinajstić information content (AvgIpc) is 3.20. The number of amides is 1. The molecular weight excluding hydrogens is 358 g/mol. The molecule has 0 saturated heterocycles. The maximum Gasteiger partial charge on any atom is 0.245 e. The fourth-order valence-electron chi connectivity index (χ4n) is 2.63. The van der Waals surface area contributed by atoms with Gasteiger partial charge in [0.15, 0.2) is 5.13 Å². The smallest absolute Gasteiger partial charge is 0.245 e. The van der Waals surface area contributed by atoms with Crippen LogP contribution in [0.5, 0.6) is 0 Å². The van der Waals surface area contributed by atoms with Gasteiger partial charge >= 0.3 is 0 Å². The largest absolute Gasteiger partial charge is 0.337 e. The summed E-state index contributed by atoms with van der Waals surface area (Å²) >= 11 is 7.60. The first-order valence-corrected chi connectivity index (χ1v) is 9.24. The maximum atomic E-state index is 12.6. The van der Waals surface area contributed by atoms with Gasteiger partial charge in [-0.15, -0.1) is 0 Å². The van der Waals surface area contributed by atoms with Crippen molar-refractivity contribution in [2.24, 2.45) is 5.73 Å². The standard InChI is InChI=1S/C17H20ClN5OS/c1-11-8-13(18)9-14-15(11)21-17(25-14)23(16(24)12(2)19)6-3-5-22-7-4-20-10-22/h4,7-10,12H,3,5-6,19H2,1-2H3/t12-/m0/s1. The van der Waals surface area contributed by atoms with Crippen LogP contribution in [0, 0.1) is 6.92 Å². The van der Waals surface area contributed by atoms with Crippen LogP contribution in [-0.2, 0) is 11.3 Å². The molecule has 0 unspecified atom stereocenters. The van der Waals surface area contributed by atoms with E-state index in [9.17, 15) is 4.79 Å². The van der Waals surface area contributed by atoms with Gasteiger partial charge in [0.25, 0.3) is 0 Å². The second-order valence-electron chi connectivity index (χ2n) is 6.00. The lowest BCUT2D eigenvalue weighted by molar-refractivity contribution is -0.119. The van der Waals surface area contributed by atoms with Gasteiger partial charge in [0.1, 0.15) is 0 Å². The van der Waals surface area contributed by atoms with Gasteiger partial charge in [-0.3, -0.25) is 9.69 Å². The van der Waals surface area contributed by atoms with E-state index in [4.69, 9.17) is 17.3 Å². The number of aryl methyl sites for hydroxylation is 2. The van der Waals surface area contributed by atoms with Crippen molar-refractivity contribution in [3.63, 3.8) is 0 Å². The number of benzene rings is 1. The SMILES string of the molecule is Cc1cc(Cl)cc2sc(N(CCCn3ccnc3)C(=O)[C@H](C)N)nc12. The van der Waals surface area contributed by atoms with Crippen molar-refractivity contribution in [1.82, 2.24) is 14.5 Å². The Balaban J connectivity index is 1.85. The molecule has 0 radical (unpaired) electrons. The highest BCUT2D eigenvalue weighted by Crippen LogP contribution is 2.33. The molecule has 2 heterocycles. The second-order valence-corrected chi connectivity index (χ2v) is 7.44. The Hall–Kier alpha value is -1.96. The number of imidazole rings is 1. The Morgan fingerprint density at radius 1 is 1.48 bits per heavy atom. The van der Waals surface area contributed by atoms with Gasteiger partial charge < -0.3 is 10.3 Å². The molecule has 0 aliphatic rings. The predicted molar refractivity (Wildman–Crippen MR) is 102 cm³/mol. The van der Waals surface area contributed by atoms with E-state index in [-0.39, 0.29) is 5.91 Å². The topological polar surface area (TPSA) is 77.0 Å². The van der Waals surface area contributed by atoms with E-state index in [1.54, 1.807) is 24.3 Å². The molecule has 3 aromatic rings. The van der Waals surface area contributed by atoms with Crippen LogP contribution in [0.1, 0.15) is 18.9 Å². The number of hydrogen-bond acceptors (Lipinski definition) is 5. The minimum Gasteiger partial charge on any atom is -0.337 e. The molecule has 1 atom stereocenters. The number of anilines is 1.